The molecule has 92 valence electrons. The van der Waals surface area contributed by atoms with Gasteiger partial charge < -0.3 is 9.30 Å². The molecule has 1 aromatic carbocycles. The van der Waals surface area contributed by atoms with Gasteiger partial charge in [-0.3, -0.25) is 0 Å². The van der Waals surface area contributed by atoms with Crippen LogP contribution in [0.1, 0.15) is 18.2 Å². The second-order valence-electron chi connectivity index (χ2n) is 4.04. The molecule has 0 unspecified atom stereocenters. The number of hydrogen-bond acceptors (Lipinski definition) is 3. The van der Waals surface area contributed by atoms with Crippen LogP contribution in [0.2, 0.25) is 0 Å². The monoisotopic (exact) mass is 241 g/mol. The van der Waals surface area contributed by atoms with Crippen LogP contribution in [-0.4, -0.2) is 16.7 Å². The van der Waals surface area contributed by atoms with Crippen LogP contribution in [0.25, 0.3) is 11.3 Å². The Morgan fingerprint density at radius 3 is 2.83 bits per heavy atom. The number of nitriles is 1. The van der Waals surface area contributed by atoms with E-state index < -0.39 is 0 Å². The van der Waals surface area contributed by atoms with Crippen LogP contribution in [0.15, 0.2) is 24.5 Å². The third kappa shape index (κ3) is 1.95. The lowest BCUT2D eigenvalue weighted by Crippen LogP contribution is -1.95. The Hall–Kier alpha value is -2.28. The number of aryl methyl sites for hydroxylation is 2. The van der Waals surface area contributed by atoms with Crippen molar-refractivity contribution in [3.8, 4) is 23.1 Å². The normalized spacial score (nSPS) is 10.1. The number of aromatic nitrogens is 2. The topological polar surface area (TPSA) is 50.8 Å². The fourth-order valence-electron chi connectivity index (χ4n) is 2.05. The van der Waals surface area contributed by atoms with Crippen molar-refractivity contribution >= 4 is 0 Å². The number of rotatable bonds is 3. The predicted octanol–water partition coefficient (Wildman–Crippen LogP) is 2.53. The van der Waals surface area contributed by atoms with E-state index in [1.54, 1.807) is 13.4 Å². The highest BCUT2D eigenvalue weighted by atomic mass is 16.5. The van der Waals surface area contributed by atoms with Gasteiger partial charge in [-0.2, -0.15) is 5.26 Å². The fourth-order valence-corrected chi connectivity index (χ4v) is 2.05. The summed E-state index contributed by atoms with van der Waals surface area (Å²) < 4.78 is 7.17. The molecule has 0 aliphatic carbocycles. The van der Waals surface area contributed by atoms with Gasteiger partial charge in [0.15, 0.2) is 5.69 Å². The zero-order chi connectivity index (χ0) is 13.1. The maximum absolute atomic E-state index is 9.07. The molecule has 0 amide bonds. The number of benzene rings is 1. The molecule has 2 aromatic rings. The largest absolute Gasteiger partial charge is 0.496 e. The van der Waals surface area contributed by atoms with Crippen molar-refractivity contribution in [2.45, 2.75) is 13.3 Å². The summed E-state index contributed by atoms with van der Waals surface area (Å²) in [6.07, 6.45) is 2.54. The van der Waals surface area contributed by atoms with Crippen molar-refractivity contribution in [3.63, 3.8) is 0 Å². The zero-order valence-electron chi connectivity index (χ0n) is 10.8. The van der Waals surface area contributed by atoms with E-state index in [1.165, 1.54) is 0 Å². The van der Waals surface area contributed by atoms with Crippen molar-refractivity contribution in [1.82, 2.24) is 9.55 Å². The first-order valence-electron chi connectivity index (χ1n) is 5.80. The summed E-state index contributed by atoms with van der Waals surface area (Å²) in [7, 11) is 3.55. The molecule has 1 aromatic heterocycles. The quantitative estimate of drug-likeness (QED) is 0.829. The van der Waals surface area contributed by atoms with Gasteiger partial charge in [-0.15, -0.1) is 0 Å². The Kier molecular flexibility index (Phi) is 3.33. The first-order valence-corrected chi connectivity index (χ1v) is 5.80. The molecule has 18 heavy (non-hydrogen) atoms. The smallest absolute Gasteiger partial charge is 0.166 e. The maximum atomic E-state index is 9.07. The molecule has 1 heterocycles. The van der Waals surface area contributed by atoms with Gasteiger partial charge in [-0.05, 0) is 30.2 Å². The van der Waals surface area contributed by atoms with Crippen LogP contribution in [0.5, 0.6) is 5.75 Å². The Morgan fingerprint density at radius 1 is 1.44 bits per heavy atom. The molecule has 4 nitrogen and oxygen atoms in total. The van der Waals surface area contributed by atoms with Crippen LogP contribution < -0.4 is 4.74 Å². The number of ether oxygens (including phenoxy) is 1. The number of hydrogen-bond donors (Lipinski definition) is 0. The maximum Gasteiger partial charge on any atom is 0.166 e. The van der Waals surface area contributed by atoms with Crippen LogP contribution in [-0.2, 0) is 13.5 Å². The highest BCUT2D eigenvalue weighted by Gasteiger charge is 2.12. The Morgan fingerprint density at radius 2 is 2.22 bits per heavy atom. The van der Waals surface area contributed by atoms with Gasteiger partial charge in [0.25, 0.3) is 0 Å². The second kappa shape index (κ2) is 4.92. The molecule has 0 atom stereocenters. The van der Waals surface area contributed by atoms with Crippen molar-refractivity contribution in [3.05, 3.63) is 35.8 Å². The summed E-state index contributed by atoms with van der Waals surface area (Å²) in [4.78, 5) is 4.08. The lowest BCUT2D eigenvalue weighted by molar-refractivity contribution is 0.410. The second-order valence-corrected chi connectivity index (χ2v) is 4.04. The van der Waals surface area contributed by atoms with E-state index in [2.05, 4.69) is 24.0 Å². The minimum Gasteiger partial charge on any atom is -0.496 e. The van der Waals surface area contributed by atoms with Crippen molar-refractivity contribution in [2.24, 2.45) is 7.05 Å². The van der Waals surface area contributed by atoms with Gasteiger partial charge in [0.1, 0.15) is 11.8 Å². The van der Waals surface area contributed by atoms with Crippen LogP contribution in [0.4, 0.5) is 0 Å². The Bertz CT molecular complexity index is 608. The SMILES string of the molecule is CCc1cc(-c2c(C#N)ncn2C)ccc1OC. The van der Waals surface area contributed by atoms with Gasteiger partial charge in [-0.25, -0.2) is 4.98 Å². The van der Waals surface area contributed by atoms with Crippen molar-refractivity contribution in [1.29, 1.82) is 5.26 Å². The van der Waals surface area contributed by atoms with Gasteiger partial charge in [-0.1, -0.05) is 6.92 Å². The standard InChI is InChI=1S/C14H15N3O/c1-4-10-7-11(5-6-13(10)18-3)14-12(8-15)16-9-17(14)2/h5-7,9H,4H2,1-3H3. The molecule has 0 fully saturated rings. The molecule has 0 radical (unpaired) electrons. The van der Waals surface area contributed by atoms with E-state index in [9.17, 15) is 0 Å². The summed E-state index contributed by atoms with van der Waals surface area (Å²) in [6, 6.07) is 8.06. The summed E-state index contributed by atoms with van der Waals surface area (Å²) in [6.45, 7) is 2.08. The van der Waals surface area contributed by atoms with E-state index in [1.807, 2.05) is 23.7 Å². The molecule has 0 aliphatic heterocycles. The lowest BCUT2D eigenvalue weighted by Gasteiger charge is -2.10. The van der Waals surface area contributed by atoms with Crippen LogP contribution in [0.3, 0.4) is 0 Å². The molecule has 0 N–H and O–H groups in total. The van der Waals surface area contributed by atoms with E-state index in [4.69, 9.17) is 10.00 Å². The van der Waals surface area contributed by atoms with E-state index in [0.717, 1.165) is 29.0 Å². The van der Waals surface area contributed by atoms with Crippen LogP contribution >= 0.6 is 0 Å². The molecule has 0 aliphatic rings. The van der Waals surface area contributed by atoms with E-state index >= 15 is 0 Å². The number of methoxy groups -OCH3 is 1. The molecule has 0 bridgehead atoms. The first kappa shape index (κ1) is 12.2. The average molecular weight is 241 g/mol. The van der Waals surface area contributed by atoms with Gasteiger partial charge in [0.05, 0.1) is 19.1 Å². The Balaban J connectivity index is 2.58. The van der Waals surface area contributed by atoms with Crippen LogP contribution in [0, 0.1) is 11.3 Å². The van der Waals surface area contributed by atoms with Crippen molar-refractivity contribution < 1.29 is 4.74 Å². The third-order valence-electron chi connectivity index (χ3n) is 2.98. The average Bonchev–Trinajstić information content (AvgIpc) is 2.79. The summed E-state index contributed by atoms with van der Waals surface area (Å²) in [5.41, 5.74) is 3.41. The van der Waals surface area contributed by atoms with E-state index in [-0.39, 0.29) is 0 Å². The third-order valence-corrected chi connectivity index (χ3v) is 2.98. The highest BCUT2D eigenvalue weighted by Crippen LogP contribution is 2.28. The van der Waals surface area contributed by atoms with E-state index in [0.29, 0.717) is 5.69 Å². The highest BCUT2D eigenvalue weighted by molar-refractivity contribution is 5.67. The molecule has 2 rings (SSSR count). The predicted molar refractivity (Wildman–Crippen MR) is 69.3 cm³/mol. The molecule has 0 saturated heterocycles. The fraction of sp³-hybridized carbons (Fsp3) is 0.286. The van der Waals surface area contributed by atoms with Gasteiger partial charge in [0, 0.05) is 12.6 Å². The Labute approximate surface area is 106 Å². The minimum atomic E-state index is 0.449. The first-order chi connectivity index (χ1) is 8.71. The van der Waals surface area contributed by atoms with Crippen molar-refractivity contribution in [2.75, 3.05) is 7.11 Å². The minimum absolute atomic E-state index is 0.449. The summed E-state index contributed by atoms with van der Waals surface area (Å²) in [5, 5.41) is 9.07. The number of nitrogens with zero attached hydrogens (tertiary/aromatic N) is 3. The summed E-state index contributed by atoms with van der Waals surface area (Å²) in [5.74, 6) is 0.877. The molecule has 0 spiro atoms. The lowest BCUT2D eigenvalue weighted by atomic mass is 10.0. The molecular weight excluding hydrogens is 226 g/mol. The summed E-state index contributed by atoms with van der Waals surface area (Å²) >= 11 is 0. The molecule has 0 saturated carbocycles. The zero-order valence-corrected chi connectivity index (χ0v) is 10.8. The molecular formula is C14H15N3O. The van der Waals surface area contributed by atoms with Gasteiger partial charge >= 0.3 is 0 Å². The number of imidazole rings is 1. The molecule has 4 heteroatoms. The van der Waals surface area contributed by atoms with Gasteiger partial charge in [0.2, 0.25) is 0 Å².